The second kappa shape index (κ2) is 6.45. The second-order valence-electron chi connectivity index (χ2n) is 5.64. The third kappa shape index (κ3) is 3.03. The van der Waals surface area contributed by atoms with Gasteiger partial charge in [-0.15, -0.1) is 0 Å². The summed E-state index contributed by atoms with van der Waals surface area (Å²) in [5, 5.41) is 15.4. The SMILES string of the molecule is C[C@@H](c1ccncc1)[C@](O)(Cn1cncn1)c1ccc(F)cc1F. The number of benzene rings is 1. The quantitative estimate of drug-likeness (QED) is 0.781. The fraction of sp³-hybridized carbons (Fsp3) is 0.235. The highest BCUT2D eigenvalue weighted by molar-refractivity contribution is 5.31. The van der Waals surface area contributed by atoms with Gasteiger partial charge in [0.25, 0.3) is 0 Å². The molecule has 7 heteroatoms. The molecule has 1 aromatic carbocycles. The van der Waals surface area contributed by atoms with Gasteiger partial charge in [0.2, 0.25) is 0 Å². The first-order valence-electron chi connectivity index (χ1n) is 7.41. The number of halogens is 2. The topological polar surface area (TPSA) is 63.8 Å². The average molecular weight is 330 g/mol. The van der Waals surface area contributed by atoms with E-state index < -0.39 is 23.2 Å². The summed E-state index contributed by atoms with van der Waals surface area (Å²) in [6, 6.07) is 6.65. The fourth-order valence-corrected chi connectivity index (χ4v) is 2.79. The first-order chi connectivity index (χ1) is 11.5. The molecule has 0 radical (unpaired) electrons. The average Bonchev–Trinajstić information content (AvgIpc) is 3.07. The molecule has 0 amide bonds. The lowest BCUT2D eigenvalue weighted by atomic mass is 9.78. The number of hydrogen-bond donors (Lipinski definition) is 1. The lowest BCUT2D eigenvalue weighted by molar-refractivity contribution is -0.0112. The minimum Gasteiger partial charge on any atom is -0.382 e. The minimum absolute atomic E-state index is 0.00344. The molecule has 0 aliphatic heterocycles. The van der Waals surface area contributed by atoms with Gasteiger partial charge in [-0.1, -0.05) is 13.0 Å². The normalized spacial score (nSPS) is 15.0. The van der Waals surface area contributed by atoms with Gasteiger partial charge in [-0.2, -0.15) is 5.10 Å². The van der Waals surface area contributed by atoms with Gasteiger partial charge in [0.05, 0.1) is 6.54 Å². The molecule has 0 unspecified atom stereocenters. The molecule has 3 aromatic rings. The van der Waals surface area contributed by atoms with E-state index in [1.165, 1.54) is 23.4 Å². The predicted octanol–water partition coefficient (Wildman–Crippen LogP) is 2.64. The number of hydrogen-bond acceptors (Lipinski definition) is 4. The van der Waals surface area contributed by atoms with Gasteiger partial charge in [-0.05, 0) is 23.8 Å². The molecule has 0 aliphatic rings. The highest BCUT2D eigenvalue weighted by Crippen LogP contribution is 2.39. The van der Waals surface area contributed by atoms with Gasteiger partial charge in [0, 0.05) is 29.9 Å². The van der Waals surface area contributed by atoms with Crippen LogP contribution in [-0.2, 0) is 12.1 Å². The minimum atomic E-state index is -1.65. The standard InChI is InChI=1S/C17H16F2N4O/c1-12(13-4-6-20-7-5-13)17(24,9-23-11-21-10-22-23)15-3-2-14(18)8-16(15)19/h2-8,10-12,24H,9H2,1H3/t12-,17+/m0/s1. The molecule has 1 N–H and O–H groups in total. The number of nitrogens with zero attached hydrogens (tertiary/aromatic N) is 4. The van der Waals surface area contributed by atoms with Gasteiger partial charge in [0.15, 0.2) is 0 Å². The van der Waals surface area contributed by atoms with Crippen molar-refractivity contribution < 1.29 is 13.9 Å². The van der Waals surface area contributed by atoms with E-state index in [1.54, 1.807) is 31.5 Å². The molecule has 0 saturated heterocycles. The Kier molecular flexibility index (Phi) is 4.35. The van der Waals surface area contributed by atoms with Crippen molar-refractivity contribution in [2.45, 2.75) is 25.0 Å². The van der Waals surface area contributed by atoms with Crippen LogP contribution in [-0.4, -0.2) is 24.9 Å². The van der Waals surface area contributed by atoms with Crippen LogP contribution in [0.5, 0.6) is 0 Å². The Morgan fingerprint density at radius 2 is 1.92 bits per heavy atom. The molecular formula is C17H16F2N4O. The van der Waals surface area contributed by atoms with Crippen LogP contribution < -0.4 is 0 Å². The molecule has 5 nitrogen and oxygen atoms in total. The number of pyridine rings is 1. The zero-order chi connectivity index (χ0) is 17.2. The molecule has 0 aliphatic carbocycles. The molecule has 2 aromatic heterocycles. The Labute approximate surface area is 137 Å². The maximum Gasteiger partial charge on any atom is 0.137 e. The van der Waals surface area contributed by atoms with E-state index in [1.807, 2.05) is 0 Å². The number of aliphatic hydroxyl groups is 1. The van der Waals surface area contributed by atoms with Gasteiger partial charge in [-0.3, -0.25) is 4.98 Å². The molecule has 0 spiro atoms. The summed E-state index contributed by atoms with van der Waals surface area (Å²) in [6.45, 7) is 1.74. The van der Waals surface area contributed by atoms with Crippen LogP contribution in [0.2, 0.25) is 0 Å². The Morgan fingerprint density at radius 1 is 1.17 bits per heavy atom. The molecule has 24 heavy (non-hydrogen) atoms. The van der Waals surface area contributed by atoms with Gasteiger partial charge in [-0.25, -0.2) is 18.4 Å². The summed E-state index contributed by atoms with van der Waals surface area (Å²) in [5.74, 6) is -2.00. The van der Waals surface area contributed by atoms with Gasteiger partial charge >= 0.3 is 0 Å². The summed E-state index contributed by atoms with van der Waals surface area (Å²) in [5.41, 5.74) is -0.868. The molecule has 0 saturated carbocycles. The summed E-state index contributed by atoms with van der Waals surface area (Å²) in [6.07, 6.45) is 5.97. The van der Waals surface area contributed by atoms with E-state index in [9.17, 15) is 13.9 Å². The van der Waals surface area contributed by atoms with E-state index in [0.717, 1.165) is 17.7 Å². The van der Waals surface area contributed by atoms with Crippen molar-refractivity contribution in [2.24, 2.45) is 0 Å². The monoisotopic (exact) mass is 330 g/mol. The van der Waals surface area contributed by atoms with E-state index in [-0.39, 0.29) is 12.1 Å². The second-order valence-corrected chi connectivity index (χ2v) is 5.64. The summed E-state index contributed by atoms with van der Waals surface area (Å²) in [7, 11) is 0. The molecular weight excluding hydrogens is 314 g/mol. The lowest BCUT2D eigenvalue weighted by Crippen LogP contribution is -2.38. The summed E-state index contributed by atoms with van der Waals surface area (Å²) in [4.78, 5) is 7.80. The third-order valence-electron chi connectivity index (χ3n) is 4.19. The van der Waals surface area contributed by atoms with Crippen molar-refractivity contribution in [3.63, 3.8) is 0 Å². The molecule has 0 fully saturated rings. The number of aromatic nitrogens is 4. The molecule has 2 atom stereocenters. The van der Waals surface area contributed by atoms with Crippen molar-refractivity contribution in [1.82, 2.24) is 19.7 Å². The highest BCUT2D eigenvalue weighted by atomic mass is 19.1. The van der Waals surface area contributed by atoms with Crippen molar-refractivity contribution in [1.29, 1.82) is 0 Å². The van der Waals surface area contributed by atoms with Crippen LogP contribution >= 0.6 is 0 Å². The van der Waals surface area contributed by atoms with Crippen LogP contribution in [0, 0.1) is 11.6 Å². The molecule has 2 heterocycles. The first-order valence-corrected chi connectivity index (χ1v) is 7.41. The van der Waals surface area contributed by atoms with Gasteiger partial charge in [0.1, 0.15) is 29.9 Å². The molecule has 124 valence electrons. The largest absolute Gasteiger partial charge is 0.382 e. The summed E-state index contributed by atoms with van der Waals surface area (Å²) < 4.78 is 29.1. The van der Waals surface area contributed by atoms with Gasteiger partial charge < -0.3 is 5.11 Å². The highest BCUT2D eigenvalue weighted by Gasteiger charge is 2.39. The predicted molar refractivity (Wildman–Crippen MR) is 82.9 cm³/mol. The van der Waals surface area contributed by atoms with E-state index >= 15 is 0 Å². The Hall–Kier alpha value is -2.67. The van der Waals surface area contributed by atoms with E-state index in [4.69, 9.17) is 0 Å². The third-order valence-corrected chi connectivity index (χ3v) is 4.19. The van der Waals surface area contributed by atoms with Crippen LogP contribution in [0.4, 0.5) is 8.78 Å². The molecule has 3 rings (SSSR count). The Balaban J connectivity index is 2.09. The lowest BCUT2D eigenvalue weighted by Gasteiger charge is -2.35. The zero-order valence-corrected chi connectivity index (χ0v) is 13.0. The fourth-order valence-electron chi connectivity index (χ4n) is 2.79. The maximum atomic E-state index is 14.4. The number of rotatable bonds is 5. The first kappa shape index (κ1) is 16.2. The Morgan fingerprint density at radius 3 is 2.54 bits per heavy atom. The Bertz CT molecular complexity index is 811. The van der Waals surface area contributed by atoms with Crippen LogP contribution in [0.1, 0.15) is 24.0 Å². The van der Waals surface area contributed by atoms with Crippen LogP contribution in [0.3, 0.4) is 0 Å². The summed E-state index contributed by atoms with van der Waals surface area (Å²) >= 11 is 0. The van der Waals surface area contributed by atoms with Crippen molar-refractivity contribution in [2.75, 3.05) is 0 Å². The smallest absolute Gasteiger partial charge is 0.137 e. The molecule has 0 bridgehead atoms. The van der Waals surface area contributed by atoms with Crippen molar-refractivity contribution >= 4 is 0 Å². The zero-order valence-electron chi connectivity index (χ0n) is 13.0. The van der Waals surface area contributed by atoms with Crippen molar-refractivity contribution in [3.8, 4) is 0 Å². The van der Waals surface area contributed by atoms with E-state index in [2.05, 4.69) is 15.1 Å². The maximum absolute atomic E-state index is 14.4. The van der Waals surface area contributed by atoms with Crippen LogP contribution in [0.25, 0.3) is 0 Å². The van der Waals surface area contributed by atoms with E-state index in [0.29, 0.717) is 0 Å². The van der Waals surface area contributed by atoms with Crippen molar-refractivity contribution in [3.05, 3.63) is 78.1 Å². The van der Waals surface area contributed by atoms with Crippen LogP contribution in [0.15, 0.2) is 55.4 Å².